The number of aryl methyl sites for hydroxylation is 1. The number of rotatable bonds is 5. The Morgan fingerprint density at radius 3 is 2.80 bits per heavy atom. The van der Waals surface area contributed by atoms with Gasteiger partial charge in [0.15, 0.2) is 11.3 Å². The monoisotopic (exact) mass is 426 g/mol. The number of primary amides is 1. The Bertz CT molecular complexity index is 1210. The fraction of sp³-hybridized carbons (Fsp3) is 0.318. The average Bonchev–Trinajstić information content (AvgIpc) is 3.10. The van der Waals surface area contributed by atoms with Crippen LogP contribution in [0.5, 0.6) is 5.75 Å². The molecule has 1 aliphatic rings. The number of carbonyl (C=O) groups excluding carboxylic acids is 2. The van der Waals surface area contributed by atoms with Gasteiger partial charge in [0.1, 0.15) is 10.6 Å². The van der Waals surface area contributed by atoms with Crippen LogP contribution in [-0.4, -0.2) is 25.6 Å². The van der Waals surface area contributed by atoms with Crippen molar-refractivity contribution in [3.8, 4) is 5.75 Å². The molecule has 0 atom stereocenters. The molecule has 0 saturated carbocycles. The highest BCUT2D eigenvalue weighted by Crippen LogP contribution is 2.40. The van der Waals surface area contributed by atoms with Crippen LogP contribution < -0.4 is 16.0 Å². The summed E-state index contributed by atoms with van der Waals surface area (Å²) in [4.78, 5) is 30.5. The van der Waals surface area contributed by atoms with Crippen LogP contribution in [0.3, 0.4) is 0 Å². The Kier molecular flexibility index (Phi) is 5.59. The molecule has 3 aromatic rings. The summed E-state index contributed by atoms with van der Waals surface area (Å²) in [7, 11) is 1.54. The number of amides is 1. The molecule has 2 N–H and O–H groups in total. The second-order valence-corrected chi connectivity index (χ2v) is 8.02. The third-order valence-electron chi connectivity index (χ3n) is 5.06. The number of hydrogen-bond donors (Lipinski definition) is 1. The standard InChI is InChI=1S/C22H22N2O5S/c1-3-28-22(26)17-13-8-4-5-10-16(13)30-21(17)24-20-14(19(23)25)11-12-7-6-9-15(27-2)18(12)29-20/h6-7,9,11H,3-5,8,10H2,1-2H3,(H2,23,25)/b24-20-. The molecule has 0 bridgehead atoms. The lowest BCUT2D eigenvalue weighted by molar-refractivity contribution is 0.0526. The second kappa shape index (κ2) is 8.31. The molecule has 30 heavy (non-hydrogen) atoms. The maximum Gasteiger partial charge on any atom is 0.341 e. The molecule has 1 amide bonds. The van der Waals surface area contributed by atoms with Crippen molar-refractivity contribution in [3.05, 3.63) is 51.4 Å². The van der Waals surface area contributed by atoms with Crippen molar-refractivity contribution in [1.29, 1.82) is 0 Å². The number of carbonyl (C=O) groups is 2. The van der Waals surface area contributed by atoms with Crippen LogP contribution in [0, 0.1) is 0 Å². The van der Waals surface area contributed by atoms with Gasteiger partial charge in [-0.3, -0.25) is 4.79 Å². The molecule has 2 heterocycles. The highest BCUT2D eigenvalue weighted by Gasteiger charge is 2.26. The maximum atomic E-state index is 12.7. The molecule has 156 valence electrons. The van der Waals surface area contributed by atoms with Gasteiger partial charge in [-0.15, -0.1) is 11.3 Å². The molecule has 0 unspecified atom stereocenters. The zero-order valence-corrected chi connectivity index (χ0v) is 17.6. The van der Waals surface area contributed by atoms with Crippen molar-refractivity contribution >= 4 is 39.2 Å². The van der Waals surface area contributed by atoms with E-state index in [0.29, 0.717) is 27.3 Å². The number of nitrogens with two attached hydrogens (primary N) is 1. The summed E-state index contributed by atoms with van der Waals surface area (Å²) in [6.07, 6.45) is 3.78. The Balaban J connectivity index is 1.99. The minimum atomic E-state index is -0.666. The van der Waals surface area contributed by atoms with Crippen molar-refractivity contribution in [3.63, 3.8) is 0 Å². The highest BCUT2D eigenvalue weighted by molar-refractivity contribution is 7.16. The maximum absolute atomic E-state index is 12.7. The number of benzene rings is 1. The van der Waals surface area contributed by atoms with E-state index in [9.17, 15) is 9.59 Å². The Hall–Kier alpha value is -3.13. The fourth-order valence-corrected chi connectivity index (χ4v) is 4.93. The van der Waals surface area contributed by atoms with Crippen LogP contribution >= 0.6 is 11.3 Å². The predicted octanol–water partition coefficient (Wildman–Crippen LogP) is 3.89. The Morgan fingerprint density at radius 1 is 1.27 bits per heavy atom. The van der Waals surface area contributed by atoms with Gasteiger partial charge >= 0.3 is 5.97 Å². The third-order valence-corrected chi connectivity index (χ3v) is 6.24. The number of hydrogen-bond acceptors (Lipinski definition) is 7. The minimum Gasteiger partial charge on any atom is -0.493 e. The lowest BCUT2D eigenvalue weighted by Gasteiger charge is -2.11. The largest absolute Gasteiger partial charge is 0.493 e. The van der Waals surface area contributed by atoms with Gasteiger partial charge in [-0.05, 0) is 50.3 Å². The van der Waals surface area contributed by atoms with Crippen LogP contribution in [0.4, 0.5) is 5.00 Å². The number of ether oxygens (including phenoxy) is 2. The molecule has 7 nitrogen and oxygen atoms in total. The van der Waals surface area contributed by atoms with E-state index in [-0.39, 0.29) is 17.7 Å². The smallest absolute Gasteiger partial charge is 0.341 e. The first-order chi connectivity index (χ1) is 14.5. The topological polar surface area (TPSA) is 104 Å². The van der Waals surface area contributed by atoms with E-state index >= 15 is 0 Å². The van der Waals surface area contributed by atoms with Gasteiger partial charge < -0.3 is 19.6 Å². The minimum absolute atomic E-state index is 0.0450. The van der Waals surface area contributed by atoms with Gasteiger partial charge in [0.2, 0.25) is 5.55 Å². The lowest BCUT2D eigenvalue weighted by Crippen LogP contribution is -2.21. The molecule has 8 heteroatoms. The van der Waals surface area contributed by atoms with Gasteiger partial charge in [0.25, 0.3) is 5.91 Å². The first-order valence-corrected chi connectivity index (χ1v) is 10.6. The molecule has 0 spiro atoms. The van der Waals surface area contributed by atoms with Crippen molar-refractivity contribution in [2.75, 3.05) is 13.7 Å². The fourth-order valence-electron chi connectivity index (χ4n) is 3.68. The Morgan fingerprint density at radius 2 is 2.07 bits per heavy atom. The van der Waals surface area contributed by atoms with Crippen molar-refractivity contribution in [1.82, 2.24) is 0 Å². The molecule has 0 saturated heterocycles. The average molecular weight is 426 g/mol. The number of fused-ring (bicyclic) bond motifs is 2. The van der Waals surface area contributed by atoms with Crippen molar-refractivity contribution in [2.24, 2.45) is 10.7 Å². The molecule has 2 aromatic heterocycles. The second-order valence-electron chi connectivity index (χ2n) is 6.93. The van der Waals surface area contributed by atoms with E-state index in [4.69, 9.17) is 19.6 Å². The van der Waals surface area contributed by atoms with Crippen LogP contribution in [0.15, 0.2) is 33.7 Å². The van der Waals surface area contributed by atoms with Gasteiger partial charge in [-0.2, -0.15) is 0 Å². The van der Waals surface area contributed by atoms with Crippen LogP contribution in [0.25, 0.3) is 11.0 Å². The first-order valence-electron chi connectivity index (χ1n) is 9.80. The molecule has 1 aromatic carbocycles. The molecule has 0 radical (unpaired) electrons. The van der Waals surface area contributed by atoms with Crippen LogP contribution in [0.2, 0.25) is 0 Å². The van der Waals surface area contributed by atoms with E-state index < -0.39 is 11.9 Å². The number of methoxy groups -OCH3 is 1. The summed E-state index contributed by atoms with van der Waals surface area (Å²) < 4.78 is 16.6. The summed E-state index contributed by atoms with van der Waals surface area (Å²) in [5, 5.41) is 1.14. The third kappa shape index (κ3) is 3.59. The van der Waals surface area contributed by atoms with Gasteiger partial charge in [0, 0.05) is 10.3 Å². The number of nitrogens with zero attached hydrogens (tertiary/aromatic N) is 1. The number of para-hydroxylation sites is 1. The molecule has 0 aliphatic heterocycles. The zero-order chi connectivity index (χ0) is 21.3. The quantitative estimate of drug-likeness (QED) is 0.623. The summed E-state index contributed by atoms with van der Waals surface area (Å²) in [6, 6.07) is 6.98. The normalized spacial score (nSPS) is 13.9. The van der Waals surface area contributed by atoms with Crippen molar-refractivity contribution in [2.45, 2.75) is 32.6 Å². The molecular formula is C22H22N2O5S. The molecule has 0 fully saturated rings. The van der Waals surface area contributed by atoms with Gasteiger partial charge in [-0.25, -0.2) is 9.79 Å². The summed E-state index contributed by atoms with van der Waals surface area (Å²) in [5.41, 5.74) is 7.67. The van der Waals surface area contributed by atoms with Crippen LogP contribution in [-0.2, 0) is 17.6 Å². The molecule has 4 rings (SSSR count). The van der Waals surface area contributed by atoms with Crippen LogP contribution in [0.1, 0.15) is 50.9 Å². The van der Waals surface area contributed by atoms with Gasteiger partial charge in [-0.1, -0.05) is 12.1 Å². The highest BCUT2D eigenvalue weighted by atomic mass is 32.1. The summed E-state index contributed by atoms with van der Waals surface area (Å²) >= 11 is 1.44. The van der Waals surface area contributed by atoms with E-state index in [0.717, 1.165) is 36.1 Å². The number of thiophene rings is 1. The van der Waals surface area contributed by atoms with Gasteiger partial charge in [0.05, 0.1) is 19.3 Å². The lowest BCUT2D eigenvalue weighted by atomic mass is 9.95. The van der Waals surface area contributed by atoms with E-state index in [1.807, 2.05) is 0 Å². The summed E-state index contributed by atoms with van der Waals surface area (Å²) in [5.74, 6) is -0.563. The summed E-state index contributed by atoms with van der Waals surface area (Å²) in [6.45, 7) is 2.04. The Labute approximate surface area is 177 Å². The number of esters is 1. The predicted molar refractivity (Wildman–Crippen MR) is 113 cm³/mol. The van der Waals surface area contributed by atoms with E-state index in [1.165, 1.54) is 18.4 Å². The van der Waals surface area contributed by atoms with E-state index in [2.05, 4.69) is 4.99 Å². The van der Waals surface area contributed by atoms with E-state index in [1.54, 1.807) is 31.2 Å². The first kappa shape index (κ1) is 20.2. The SMILES string of the molecule is CCOC(=O)c1c(/N=c2\oc3c(OC)cccc3cc2C(N)=O)sc2c1CCCC2. The molecular weight excluding hydrogens is 404 g/mol. The van der Waals surface area contributed by atoms with Crippen molar-refractivity contribution < 1.29 is 23.5 Å². The zero-order valence-electron chi connectivity index (χ0n) is 16.8. The molecule has 1 aliphatic carbocycles.